The monoisotopic (exact) mass is 342 g/mol. The van der Waals surface area contributed by atoms with Crippen LogP contribution >= 0.6 is 0 Å². The Morgan fingerprint density at radius 1 is 1.04 bits per heavy atom. The van der Waals surface area contributed by atoms with E-state index in [1.165, 1.54) is 12.1 Å². The Kier molecular flexibility index (Phi) is 4.56. The van der Waals surface area contributed by atoms with Gasteiger partial charge in [0.1, 0.15) is 11.6 Å². The topological polar surface area (TPSA) is 94.9 Å². The average Bonchev–Trinajstić information content (AvgIpc) is 2.54. The van der Waals surface area contributed by atoms with E-state index in [4.69, 9.17) is 11.5 Å². The van der Waals surface area contributed by atoms with E-state index in [0.717, 1.165) is 11.6 Å². The number of aryl methyl sites for hydroxylation is 2. The van der Waals surface area contributed by atoms with Crippen LogP contribution in [-0.2, 0) is 12.8 Å². The quantitative estimate of drug-likeness (QED) is 0.745. The lowest BCUT2D eigenvalue weighted by Gasteiger charge is -2.09. The lowest BCUT2D eigenvalue weighted by molar-refractivity contribution is 0.0995. The number of benzene rings is 2. The number of nitrogens with two attached hydrogens (primary N) is 2. The SMILES string of the molecule is NC(=O)c1nnc2c(CCCc3cc(F)cc(F)c3)cccc2c1N. The number of hydrogen-bond donors (Lipinski definition) is 2. The molecule has 0 saturated carbocycles. The Morgan fingerprint density at radius 2 is 1.76 bits per heavy atom. The second kappa shape index (κ2) is 6.80. The molecule has 0 aliphatic heterocycles. The second-order valence-corrected chi connectivity index (χ2v) is 5.77. The zero-order valence-electron chi connectivity index (χ0n) is 13.3. The maximum absolute atomic E-state index is 13.2. The second-order valence-electron chi connectivity index (χ2n) is 5.77. The number of anilines is 1. The summed E-state index contributed by atoms with van der Waals surface area (Å²) in [5.74, 6) is -1.90. The van der Waals surface area contributed by atoms with Gasteiger partial charge in [-0.15, -0.1) is 10.2 Å². The van der Waals surface area contributed by atoms with Gasteiger partial charge in [0.05, 0.1) is 11.2 Å². The van der Waals surface area contributed by atoms with E-state index in [-0.39, 0.29) is 11.4 Å². The summed E-state index contributed by atoms with van der Waals surface area (Å²) < 4.78 is 26.4. The van der Waals surface area contributed by atoms with Crippen molar-refractivity contribution in [2.45, 2.75) is 19.3 Å². The van der Waals surface area contributed by atoms with Crippen LogP contribution in [-0.4, -0.2) is 16.1 Å². The van der Waals surface area contributed by atoms with Gasteiger partial charge in [0.25, 0.3) is 5.91 Å². The van der Waals surface area contributed by atoms with Crippen molar-refractivity contribution in [1.29, 1.82) is 0 Å². The molecular formula is C18H16F2N4O. The predicted octanol–water partition coefficient (Wildman–Crippen LogP) is 2.76. The Morgan fingerprint density at radius 3 is 2.44 bits per heavy atom. The Bertz CT molecular complexity index is 939. The van der Waals surface area contributed by atoms with E-state index >= 15 is 0 Å². The Labute approximate surface area is 142 Å². The van der Waals surface area contributed by atoms with Gasteiger partial charge in [-0.2, -0.15) is 0 Å². The molecule has 3 aromatic rings. The van der Waals surface area contributed by atoms with Gasteiger partial charge in [-0.3, -0.25) is 4.79 Å². The third kappa shape index (κ3) is 3.55. The summed E-state index contributed by atoms with van der Waals surface area (Å²) in [5, 5.41) is 8.48. The number of primary amides is 1. The number of nitrogen functional groups attached to an aromatic ring is 1. The van der Waals surface area contributed by atoms with Crippen molar-refractivity contribution in [3.63, 3.8) is 0 Å². The van der Waals surface area contributed by atoms with E-state index < -0.39 is 17.5 Å². The molecule has 128 valence electrons. The van der Waals surface area contributed by atoms with Crippen molar-refractivity contribution in [2.24, 2.45) is 5.73 Å². The first-order valence-electron chi connectivity index (χ1n) is 7.74. The molecule has 0 aliphatic carbocycles. The number of aromatic nitrogens is 2. The van der Waals surface area contributed by atoms with Crippen LogP contribution in [0.4, 0.5) is 14.5 Å². The molecule has 0 unspecified atom stereocenters. The summed E-state index contributed by atoms with van der Waals surface area (Å²) in [6, 6.07) is 8.93. The summed E-state index contributed by atoms with van der Waals surface area (Å²) in [4.78, 5) is 11.3. The highest BCUT2D eigenvalue weighted by atomic mass is 19.1. The zero-order valence-corrected chi connectivity index (χ0v) is 13.3. The van der Waals surface area contributed by atoms with Crippen LogP contribution in [0.2, 0.25) is 0 Å². The van der Waals surface area contributed by atoms with E-state index in [2.05, 4.69) is 10.2 Å². The summed E-state index contributed by atoms with van der Waals surface area (Å²) >= 11 is 0. The van der Waals surface area contributed by atoms with Gasteiger partial charge in [0, 0.05) is 11.5 Å². The molecule has 0 spiro atoms. The van der Waals surface area contributed by atoms with Crippen molar-refractivity contribution < 1.29 is 13.6 Å². The van der Waals surface area contributed by atoms with Crippen LogP contribution < -0.4 is 11.5 Å². The van der Waals surface area contributed by atoms with Crippen molar-refractivity contribution in [3.05, 3.63) is 64.9 Å². The summed E-state index contributed by atoms with van der Waals surface area (Å²) in [6.07, 6.45) is 1.81. The summed E-state index contributed by atoms with van der Waals surface area (Å²) in [6.45, 7) is 0. The highest BCUT2D eigenvalue weighted by Gasteiger charge is 2.14. The molecule has 0 aliphatic rings. The first kappa shape index (κ1) is 16.8. The molecule has 0 radical (unpaired) electrons. The van der Waals surface area contributed by atoms with Crippen molar-refractivity contribution in [1.82, 2.24) is 10.2 Å². The number of amides is 1. The molecule has 1 heterocycles. The van der Waals surface area contributed by atoms with Gasteiger partial charge >= 0.3 is 0 Å². The third-order valence-corrected chi connectivity index (χ3v) is 3.98. The minimum Gasteiger partial charge on any atom is -0.396 e. The van der Waals surface area contributed by atoms with Gasteiger partial charge in [-0.25, -0.2) is 8.78 Å². The van der Waals surface area contributed by atoms with Gasteiger partial charge in [-0.05, 0) is 42.5 Å². The van der Waals surface area contributed by atoms with Gasteiger partial charge < -0.3 is 11.5 Å². The van der Waals surface area contributed by atoms with Gasteiger partial charge in [-0.1, -0.05) is 18.2 Å². The largest absolute Gasteiger partial charge is 0.396 e. The molecule has 0 fully saturated rings. The van der Waals surface area contributed by atoms with Crippen LogP contribution in [0.5, 0.6) is 0 Å². The third-order valence-electron chi connectivity index (χ3n) is 3.98. The Hall–Kier alpha value is -3.09. The highest BCUT2D eigenvalue weighted by Crippen LogP contribution is 2.25. The van der Waals surface area contributed by atoms with Crippen LogP contribution in [0.15, 0.2) is 36.4 Å². The first-order chi connectivity index (χ1) is 12.0. The molecule has 4 N–H and O–H groups in total. The lowest BCUT2D eigenvalue weighted by atomic mass is 10.0. The molecule has 7 heteroatoms. The number of rotatable bonds is 5. The van der Waals surface area contributed by atoms with Gasteiger partial charge in [0.15, 0.2) is 5.69 Å². The molecule has 0 saturated heterocycles. The minimum absolute atomic E-state index is 0.0557. The molecule has 3 rings (SSSR count). The van der Waals surface area contributed by atoms with Crippen LogP contribution in [0.25, 0.3) is 10.9 Å². The normalized spacial score (nSPS) is 11.0. The van der Waals surface area contributed by atoms with E-state index in [1.54, 1.807) is 6.07 Å². The standard InChI is InChI=1S/C18H16F2N4O/c19-12-7-10(8-13(20)9-12)3-1-4-11-5-2-6-14-15(21)17(18(22)25)24-23-16(11)14/h2,5-9H,1,3-4H2,(H2,21,23)(H2,22,25). The van der Waals surface area contributed by atoms with Crippen LogP contribution in [0.3, 0.4) is 0 Å². The molecule has 1 amide bonds. The average molecular weight is 342 g/mol. The van der Waals surface area contributed by atoms with Crippen molar-refractivity contribution in [3.8, 4) is 0 Å². The van der Waals surface area contributed by atoms with Crippen LogP contribution in [0.1, 0.15) is 28.0 Å². The maximum Gasteiger partial charge on any atom is 0.271 e. The molecular weight excluding hydrogens is 326 g/mol. The molecule has 2 aromatic carbocycles. The summed E-state index contributed by atoms with van der Waals surface area (Å²) in [5.41, 5.74) is 13.4. The molecule has 5 nitrogen and oxygen atoms in total. The highest BCUT2D eigenvalue weighted by molar-refractivity contribution is 6.04. The number of halogens is 2. The first-order valence-corrected chi connectivity index (χ1v) is 7.74. The van der Waals surface area contributed by atoms with E-state index in [1.807, 2.05) is 12.1 Å². The fourth-order valence-corrected chi connectivity index (χ4v) is 2.83. The smallest absolute Gasteiger partial charge is 0.271 e. The van der Waals surface area contributed by atoms with E-state index in [9.17, 15) is 13.6 Å². The lowest BCUT2D eigenvalue weighted by Crippen LogP contribution is -2.17. The number of carbonyl (C=O) groups excluding carboxylic acids is 1. The fourth-order valence-electron chi connectivity index (χ4n) is 2.83. The number of carbonyl (C=O) groups is 1. The molecule has 0 atom stereocenters. The Balaban J connectivity index is 1.82. The van der Waals surface area contributed by atoms with E-state index in [0.29, 0.717) is 35.7 Å². The predicted molar refractivity (Wildman–Crippen MR) is 90.9 cm³/mol. The van der Waals surface area contributed by atoms with Crippen LogP contribution in [0, 0.1) is 11.6 Å². The van der Waals surface area contributed by atoms with Gasteiger partial charge in [0.2, 0.25) is 0 Å². The van der Waals surface area contributed by atoms with Crippen molar-refractivity contribution >= 4 is 22.5 Å². The number of hydrogen-bond acceptors (Lipinski definition) is 4. The molecule has 25 heavy (non-hydrogen) atoms. The summed E-state index contributed by atoms with van der Waals surface area (Å²) in [7, 11) is 0. The zero-order chi connectivity index (χ0) is 18.0. The number of nitrogens with zero attached hydrogens (tertiary/aromatic N) is 2. The number of fused-ring (bicyclic) bond motifs is 1. The molecule has 1 aromatic heterocycles. The minimum atomic E-state index is -0.731. The molecule has 0 bridgehead atoms. The van der Waals surface area contributed by atoms with Crippen molar-refractivity contribution in [2.75, 3.05) is 5.73 Å². The fraction of sp³-hybridized carbons (Fsp3) is 0.167. The maximum atomic E-state index is 13.2.